The number of para-hydroxylation sites is 1. The summed E-state index contributed by atoms with van der Waals surface area (Å²) < 4.78 is 5.49. The van der Waals surface area contributed by atoms with Crippen molar-refractivity contribution in [3.8, 4) is 16.9 Å². The van der Waals surface area contributed by atoms with Gasteiger partial charge >= 0.3 is 5.97 Å². The van der Waals surface area contributed by atoms with Crippen molar-refractivity contribution in [2.75, 3.05) is 11.5 Å². The molecule has 2 aromatic carbocycles. The van der Waals surface area contributed by atoms with E-state index < -0.39 is 41.6 Å². The minimum absolute atomic E-state index is 0.203. The van der Waals surface area contributed by atoms with E-state index in [1.807, 2.05) is 29.0 Å². The number of Topliss-reactive ketones (excluding diaryl/α,β-unsaturated/α-hetero) is 2. The van der Waals surface area contributed by atoms with Gasteiger partial charge < -0.3 is 9.84 Å². The van der Waals surface area contributed by atoms with Gasteiger partial charge in [-0.3, -0.25) is 19.3 Å². The number of carbonyl (C=O) groups excluding carboxylic acids is 3. The lowest BCUT2D eigenvalue weighted by Gasteiger charge is -2.31. The molecule has 1 fully saturated rings. The fourth-order valence-electron chi connectivity index (χ4n) is 4.23. The van der Waals surface area contributed by atoms with Crippen LogP contribution in [0.25, 0.3) is 11.1 Å². The van der Waals surface area contributed by atoms with Gasteiger partial charge in [0.2, 0.25) is 5.78 Å². The van der Waals surface area contributed by atoms with Gasteiger partial charge in [-0.2, -0.15) is 11.3 Å². The average molecular weight is 492 g/mol. The van der Waals surface area contributed by atoms with Crippen molar-refractivity contribution in [1.82, 2.24) is 0 Å². The number of benzene rings is 2. The van der Waals surface area contributed by atoms with Crippen LogP contribution in [0.1, 0.15) is 32.4 Å². The van der Waals surface area contributed by atoms with E-state index in [9.17, 15) is 19.2 Å². The van der Waals surface area contributed by atoms with Crippen LogP contribution in [0.5, 0.6) is 5.75 Å². The second-order valence-electron chi connectivity index (χ2n) is 9.36. The molecule has 1 N–H and O–H groups in total. The molecular formula is C27H25NO6S. The minimum atomic E-state index is -1.26. The number of nitrogens with zero attached hydrogens (tertiary/aromatic N) is 1. The van der Waals surface area contributed by atoms with Crippen molar-refractivity contribution in [2.24, 2.45) is 11.3 Å². The van der Waals surface area contributed by atoms with Crippen LogP contribution in [-0.4, -0.2) is 35.2 Å². The molecular weight excluding hydrogens is 466 g/mol. The summed E-state index contributed by atoms with van der Waals surface area (Å²) in [7, 11) is 0. The highest BCUT2D eigenvalue weighted by atomic mass is 32.1. The number of amides is 1. The summed E-state index contributed by atoms with van der Waals surface area (Å²) >= 11 is 1.57. The molecule has 3 aromatic rings. The zero-order valence-electron chi connectivity index (χ0n) is 19.6. The minimum Gasteiger partial charge on any atom is -0.482 e. The number of ether oxygens (including phenoxy) is 1. The Morgan fingerprint density at radius 1 is 1.00 bits per heavy atom. The number of ketones is 2. The van der Waals surface area contributed by atoms with Crippen LogP contribution in [0.2, 0.25) is 0 Å². The zero-order valence-corrected chi connectivity index (χ0v) is 20.4. The predicted molar refractivity (Wildman–Crippen MR) is 133 cm³/mol. The summed E-state index contributed by atoms with van der Waals surface area (Å²) in [6.45, 7) is 4.51. The number of carbonyl (C=O) groups is 4. The normalized spacial score (nSPS) is 18.1. The molecule has 4 rings (SSSR count). The summed E-state index contributed by atoms with van der Waals surface area (Å²) in [4.78, 5) is 52.5. The van der Waals surface area contributed by atoms with E-state index in [2.05, 4.69) is 0 Å². The summed E-state index contributed by atoms with van der Waals surface area (Å²) in [5.41, 5.74) is 1.98. The van der Waals surface area contributed by atoms with E-state index in [4.69, 9.17) is 9.84 Å². The summed E-state index contributed by atoms with van der Waals surface area (Å²) in [6.07, 6.45) is 0. The lowest BCUT2D eigenvalue weighted by molar-refractivity contribution is -0.141. The summed E-state index contributed by atoms with van der Waals surface area (Å²) in [6, 6.07) is 14.8. The molecule has 180 valence electrons. The molecule has 0 aliphatic carbocycles. The van der Waals surface area contributed by atoms with Crippen molar-refractivity contribution in [1.29, 1.82) is 0 Å². The maximum atomic E-state index is 13.4. The van der Waals surface area contributed by atoms with Gasteiger partial charge in [0.05, 0.1) is 6.04 Å². The first-order chi connectivity index (χ1) is 16.6. The van der Waals surface area contributed by atoms with Crippen LogP contribution in [0.4, 0.5) is 5.69 Å². The molecule has 8 heteroatoms. The molecule has 2 atom stereocenters. The van der Waals surface area contributed by atoms with Crippen LogP contribution >= 0.6 is 11.3 Å². The van der Waals surface area contributed by atoms with Gasteiger partial charge in [0.1, 0.15) is 11.7 Å². The summed E-state index contributed by atoms with van der Waals surface area (Å²) in [5, 5.41) is 13.1. The number of carboxylic acid groups (broad SMARTS) is 1. The molecule has 1 amide bonds. The van der Waals surface area contributed by atoms with Gasteiger partial charge in [-0.05, 0) is 46.2 Å². The standard InChI is InChI=1S/C27H25NO6S/c1-27(2,3)25(32)22-23(19-6-4-5-7-20(19)34-14-21(29)30)28(26(33)24(22)31)18-10-8-16(9-11-18)17-12-13-35-15-17/h4-13,15,22-23H,14H2,1-3H3,(H,29,30). The Bertz CT molecular complexity index is 1270. The maximum absolute atomic E-state index is 13.4. The molecule has 1 aliphatic heterocycles. The van der Waals surface area contributed by atoms with E-state index in [1.165, 1.54) is 4.90 Å². The quantitative estimate of drug-likeness (QED) is 0.378. The Balaban J connectivity index is 1.84. The Morgan fingerprint density at radius 2 is 1.69 bits per heavy atom. The van der Waals surface area contributed by atoms with Gasteiger partial charge in [-0.1, -0.05) is 51.1 Å². The number of hydrogen-bond donors (Lipinski definition) is 1. The van der Waals surface area contributed by atoms with Gasteiger partial charge in [-0.25, -0.2) is 4.79 Å². The molecule has 2 heterocycles. The fourth-order valence-corrected chi connectivity index (χ4v) is 4.90. The Kier molecular flexibility index (Phi) is 6.58. The van der Waals surface area contributed by atoms with Crippen LogP contribution in [-0.2, 0) is 19.2 Å². The monoisotopic (exact) mass is 491 g/mol. The predicted octanol–water partition coefficient (Wildman–Crippen LogP) is 4.77. The highest BCUT2D eigenvalue weighted by Gasteiger charge is 2.54. The number of hydrogen-bond acceptors (Lipinski definition) is 6. The lowest BCUT2D eigenvalue weighted by atomic mass is 9.77. The van der Waals surface area contributed by atoms with Crippen LogP contribution in [0.3, 0.4) is 0 Å². The molecule has 35 heavy (non-hydrogen) atoms. The Morgan fingerprint density at radius 3 is 2.29 bits per heavy atom. The molecule has 0 saturated carbocycles. The Labute approximate surface area is 207 Å². The largest absolute Gasteiger partial charge is 0.482 e. The molecule has 0 bridgehead atoms. The molecule has 1 saturated heterocycles. The first-order valence-corrected chi connectivity index (χ1v) is 12.0. The number of carboxylic acids is 1. The fraction of sp³-hybridized carbons (Fsp3) is 0.259. The highest BCUT2D eigenvalue weighted by molar-refractivity contribution is 7.08. The number of rotatable bonds is 7. The van der Waals surface area contributed by atoms with Crippen LogP contribution in [0, 0.1) is 11.3 Å². The average Bonchev–Trinajstić information content (AvgIpc) is 3.44. The molecule has 0 spiro atoms. The second kappa shape index (κ2) is 9.46. The first kappa shape index (κ1) is 24.3. The zero-order chi connectivity index (χ0) is 25.3. The molecule has 0 radical (unpaired) electrons. The van der Waals surface area contributed by atoms with Crippen LogP contribution < -0.4 is 9.64 Å². The second-order valence-corrected chi connectivity index (χ2v) is 10.1. The smallest absolute Gasteiger partial charge is 0.341 e. The third-order valence-corrected chi connectivity index (χ3v) is 6.60. The first-order valence-electron chi connectivity index (χ1n) is 11.1. The SMILES string of the molecule is CC(C)(C)C(=O)C1C(=O)C(=O)N(c2ccc(-c3ccsc3)cc2)C1c1ccccc1OCC(=O)O. The van der Waals surface area contributed by atoms with Crippen molar-refractivity contribution in [3.63, 3.8) is 0 Å². The van der Waals surface area contributed by atoms with E-state index >= 15 is 0 Å². The third-order valence-electron chi connectivity index (χ3n) is 5.92. The van der Waals surface area contributed by atoms with Crippen LogP contribution in [0.15, 0.2) is 65.4 Å². The Hall–Kier alpha value is -3.78. The van der Waals surface area contributed by atoms with E-state index in [1.54, 1.807) is 68.5 Å². The van der Waals surface area contributed by atoms with Crippen molar-refractivity contribution < 1.29 is 29.0 Å². The molecule has 1 aliphatic rings. The van der Waals surface area contributed by atoms with E-state index in [-0.39, 0.29) is 11.5 Å². The van der Waals surface area contributed by atoms with E-state index in [0.717, 1.165) is 11.1 Å². The molecule has 7 nitrogen and oxygen atoms in total. The maximum Gasteiger partial charge on any atom is 0.341 e. The number of aliphatic carboxylic acids is 1. The van der Waals surface area contributed by atoms with Gasteiger partial charge in [0, 0.05) is 16.7 Å². The molecule has 2 unspecified atom stereocenters. The number of thiophene rings is 1. The molecule has 1 aromatic heterocycles. The van der Waals surface area contributed by atoms with Gasteiger partial charge in [-0.15, -0.1) is 0 Å². The highest BCUT2D eigenvalue weighted by Crippen LogP contribution is 2.45. The van der Waals surface area contributed by atoms with Gasteiger partial charge in [0.25, 0.3) is 5.91 Å². The van der Waals surface area contributed by atoms with Crippen molar-refractivity contribution in [2.45, 2.75) is 26.8 Å². The van der Waals surface area contributed by atoms with Gasteiger partial charge in [0.15, 0.2) is 12.4 Å². The van der Waals surface area contributed by atoms with Crippen molar-refractivity contribution >= 4 is 40.5 Å². The van der Waals surface area contributed by atoms with Crippen molar-refractivity contribution in [3.05, 3.63) is 70.9 Å². The lowest BCUT2D eigenvalue weighted by Crippen LogP contribution is -2.36. The topological polar surface area (TPSA) is 101 Å². The summed E-state index contributed by atoms with van der Waals surface area (Å²) in [5.74, 6) is -4.16. The van der Waals surface area contributed by atoms with E-state index in [0.29, 0.717) is 11.3 Å². The number of anilines is 1. The third kappa shape index (κ3) is 4.74.